The van der Waals surface area contributed by atoms with Crippen molar-refractivity contribution in [3.8, 4) is 5.75 Å². The van der Waals surface area contributed by atoms with E-state index in [0.717, 1.165) is 16.8 Å². The van der Waals surface area contributed by atoms with Gasteiger partial charge < -0.3 is 5.11 Å². The number of rotatable bonds is 2. The third-order valence-corrected chi connectivity index (χ3v) is 3.19. The molecule has 0 aliphatic rings. The van der Waals surface area contributed by atoms with Crippen molar-refractivity contribution in [1.82, 2.24) is 0 Å². The lowest BCUT2D eigenvalue weighted by Gasteiger charge is -2.06. The van der Waals surface area contributed by atoms with Gasteiger partial charge in [0, 0.05) is 16.8 Å². The van der Waals surface area contributed by atoms with Gasteiger partial charge in [-0.05, 0) is 50.1 Å². The zero-order valence-corrected chi connectivity index (χ0v) is 12.0. The van der Waals surface area contributed by atoms with E-state index in [1.165, 1.54) is 5.56 Å². The third-order valence-electron chi connectivity index (χ3n) is 2.96. The number of phenols is 1. The molecule has 0 aliphatic heterocycles. The molecule has 2 aromatic carbocycles. The average molecular weight is 274 g/mol. The summed E-state index contributed by atoms with van der Waals surface area (Å²) in [6, 6.07) is 9.10. The van der Waals surface area contributed by atoms with E-state index in [0.29, 0.717) is 10.6 Å². The van der Waals surface area contributed by atoms with E-state index in [2.05, 4.69) is 24.0 Å². The van der Waals surface area contributed by atoms with Crippen LogP contribution in [0.1, 0.15) is 22.3 Å². The fourth-order valence-corrected chi connectivity index (χ4v) is 2.32. The minimum atomic E-state index is 0.176. The molecule has 0 bridgehead atoms. The first-order valence-electron chi connectivity index (χ1n) is 6.08. The van der Waals surface area contributed by atoms with Crippen molar-refractivity contribution in [1.29, 1.82) is 0 Å². The number of phenolic OH excluding ortho intramolecular Hbond substituents is 1. The molecule has 3 heteroatoms. The normalized spacial score (nSPS) is 11.2. The summed E-state index contributed by atoms with van der Waals surface area (Å²) in [7, 11) is 0. The van der Waals surface area contributed by atoms with E-state index < -0.39 is 0 Å². The second-order valence-corrected chi connectivity index (χ2v) is 5.15. The Morgan fingerprint density at radius 2 is 1.68 bits per heavy atom. The average Bonchev–Trinajstić information content (AvgIpc) is 2.32. The molecule has 0 saturated carbocycles. The predicted molar refractivity (Wildman–Crippen MR) is 81.0 cm³/mol. The van der Waals surface area contributed by atoms with E-state index in [1.807, 2.05) is 13.8 Å². The van der Waals surface area contributed by atoms with Crippen LogP contribution >= 0.6 is 11.6 Å². The van der Waals surface area contributed by atoms with Crippen LogP contribution in [0.4, 0.5) is 5.69 Å². The monoisotopic (exact) mass is 273 g/mol. The Bertz CT molecular complexity index is 624. The summed E-state index contributed by atoms with van der Waals surface area (Å²) in [4.78, 5) is 4.47. The van der Waals surface area contributed by atoms with E-state index in [-0.39, 0.29) is 5.75 Å². The standard InChI is InChI=1S/C16H16ClNO/c1-10-6-11(2)16(12(3)7-10)18-9-13-8-14(17)4-5-15(13)19/h4-9,19H,1-3H3. The summed E-state index contributed by atoms with van der Waals surface area (Å²) in [5.74, 6) is 0.176. The molecule has 0 unspecified atom stereocenters. The van der Waals surface area contributed by atoms with Crippen molar-refractivity contribution in [2.24, 2.45) is 4.99 Å². The van der Waals surface area contributed by atoms with Gasteiger partial charge >= 0.3 is 0 Å². The maximum Gasteiger partial charge on any atom is 0.124 e. The van der Waals surface area contributed by atoms with Crippen molar-refractivity contribution in [2.75, 3.05) is 0 Å². The maximum absolute atomic E-state index is 9.75. The Morgan fingerprint density at radius 3 is 2.32 bits per heavy atom. The van der Waals surface area contributed by atoms with Crippen LogP contribution in [0.25, 0.3) is 0 Å². The number of benzene rings is 2. The smallest absolute Gasteiger partial charge is 0.124 e. The summed E-state index contributed by atoms with van der Waals surface area (Å²) in [6.45, 7) is 6.13. The first-order chi connectivity index (χ1) is 8.97. The zero-order valence-electron chi connectivity index (χ0n) is 11.2. The van der Waals surface area contributed by atoms with Crippen LogP contribution in [0.15, 0.2) is 35.3 Å². The van der Waals surface area contributed by atoms with Gasteiger partial charge in [-0.2, -0.15) is 0 Å². The van der Waals surface area contributed by atoms with Gasteiger partial charge in [-0.1, -0.05) is 29.3 Å². The number of hydrogen-bond acceptors (Lipinski definition) is 2. The van der Waals surface area contributed by atoms with Crippen molar-refractivity contribution in [3.05, 3.63) is 57.6 Å². The Balaban J connectivity index is 2.41. The first kappa shape index (κ1) is 13.6. The van der Waals surface area contributed by atoms with E-state index >= 15 is 0 Å². The third kappa shape index (κ3) is 3.15. The highest BCUT2D eigenvalue weighted by Gasteiger charge is 2.03. The molecule has 0 saturated heterocycles. The molecule has 0 heterocycles. The molecule has 0 aliphatic carbocycles. The zero-order chi connectivity index (χ0) is 14.0. The van der Waals surface area contributed by atoms with Crippen LogP contribution in [0.5, 0.6) is 5.75 Å². The summed E-state index contributed by atoms with van der Waals surface area (Å²) in [5, 5.41) is 10.3. The number of nitrogens with zero attached hydrogens (tertiary/aromatic N) is 1. The number of halogens is 1. The molecule has 98 valence electrons. The Labute approximate surface area is 118 Å². The van der Waals surface area contributed by atoms with Gasteiger partial charge in [0.15, 0.2) is 0 Å². The van der Waals surface area contributed by atoms with Gasteiger partial charge in [0.05, 0.1) is 5.69 Å². The number of hydrogen-bond donors (Lipinski definition) is 1. The molecule has 0 aromatic heterocycles. The Hall–Kier alpha value is -1.80. The molecule has 19 heavy (non-hydrogen) atoms. The van der Waals surface area contributed by atoms with E-state index in [9.17, 15) is 5.11 Å². The van der Waals surface area contributed by atoms with Gasteiger partial charge in [-0.15, -0.1) is 0 Å². The number of aliphatic imine (C=N–C) groups is 1. The lowest BCUT2D eigenvalue weighted by atomic mass is 10.1. The van der Waals surface area contributed by atoms with Crippen molar-refractivity contribution < 1.29 is 5.11 Å². The molecule has 2 rings (SSSR count). The molecule has 0 amide bonds. The van der Waals surface area contributed by atoms with Crippen molar-refractivity contribution in [2.45, 2.75) is 20.8 Å². The van der Waals surface area contributed by atoms with Crippen LogP contribution in [0.3, 0.4) is 0 Å². The highest BCUT2D eigenvalue weighted by Crippen LogP contribution is 2.26. The predicted octanol–water partition coefficient (Wildman–Crippen LogP) is 4.72. The molecule has 0 fully saturated rings. The fourth-order valence-electron chi connectivity index (χ4n) is 2.14. The minimum Gasteiger partial charge on any atom is -0.507 e. The van der Waals surface area contributed by atoms with E-state index in [4.69, 9.17) is 11.6 Å². The van der Waals surface area contributed by atoms with Crippen LogP contribution in [0, 0.1) is 20.8 Å². The lowest BCUT2D eigenvalue weighted by Crippen LogP contribution is -1.86. The SMILES string of the molecule is Cc1cc(C)c(N=Cc2cc(Cl)ccc2O)c(C)c1. The lowest BCUT2D eigenvalue weighted by molar-refractivity contribution is 0.474. The van der Waals surface area contributed by atoms with Gasteiger partial charge in [-0.3, -0.25) is 4.99 Å². The van der Waals surface area contributed by atoms with E-state index in [1.54, 1.807) is 24.4 Å². The van der Waals surface area contributed by atoms with Gasteiger partial charge in [0.25, 0.3) is 0 Å². The van der Waals surface area contributed by atoms with Crippen LogP contribution in [-0.2, 0) is 0 Å². The Kier molecular flexibility index (Phi) is 3.91. The highest BCUT2D eigenvalue weighted by molar-refractivity contribution is 6.30. The summed E-state index contributed by atoms with van der Waals surface area (Å²) >= 11 is 5.91. The van der Waals surface area contributed by atoms with Gasteiger partial charge in [-0.25, -0.2) is 0 Å². The molecular formula is C16H16ClNO. The minimum absolute atomic E-state index is 0.176. The van der Waals surface area contributed by atoms with Crippen molar-refractivity contribution >= 4 is 23.5 Å². The highest BCUT2D eigenvalue weighted by atomic mass is 35.5. The number of aromatic hydroxyl groups is 1. The molecule has 2 nitrogen and oxygen atoms in total. The second-order valence-electron chi connectivity index (χ2n) is 4.71. The fraction of sp³-hybridized carbons (Fsp3) is 0.188. The number of aryl methyl sites for hydroxylation is 3. The van der Waals surface area contributed by atoms with Crippen molar-refractivity contribution in [3.63, 3.8) is 0 Å². The summed E-state index contributed by atoms with van der Waals surface area (Å²) < 4.78 is 0. The second kappa shape index (κ2) is 5.45. The van der Waals surface area contributed by atoms with Gasteiger partial charge in [0.2, 0.25) is 0 Å². The van der Waals surface area contributed by atoms with Crippen LogP contribution < -0.4 is 0 Å². The van der Waals surface area contributed by atoms with Crippen LogP contribution in [-0.4, -0.2) is 11.3 Å². The quantitative estimate of drug-likeness (QED) is 0.789. The summed E-state index contributed by atoms with van der Waals surface area (Å²) in [5.41, 5.74) is 5.02. The topological polar surface area (TPSA) is 32.6 Å². The molecule has 0 radical (unpaired) electrons. The summed E-state index contributed by atoms with van der Waals surface area (Å²) in [6.07, 6.45) is 1.64. The Morgan fingerprint density at radius 1 is 1.05 bits per heavy atom. The first-order valence-corrected chi connectivity index (χ1v) is 6.45. The molecule has 2 aromatic rings. The van der Waals surface area contributed by atoms with Crippen LogP contribution in [0.2, 0.25) is 5.02 Å². The molecule has 0 atom stereocenters. The largest absolute Gasteiger partial charge is 0.507 e. The van der Waals surface area contributed by atoms with Gasteiger partial charge in [0.1, 0.15) is 5.75 Å². The molecule has 0 spiro atoms. The molecular weight excluding hydrogens is 258 g/mol. The molecule has 1 N–H and O–H groups in total. The maximum atomic E-state index is 9.75.